The first-order valence-corrected chi connectivity index (χ1v) is 12.2. The van der Waals surface area contributed by atoms with Crippen molar-refractivity contribution in [2.24, 2.45) is 0 Å². The van der Waals surface area contributed by atoms with Crippen molar-refractivity contribution in [1.82, 2.24) is 5.32 Å². The summed E-state index contributed by atoms with van der Waals surface area (Å²) in [5, 5.41) is 6.35. The fourth-order valence-corrected chi connectivity index (χ4v) is 9.40. The number of piperidine rings is 1. The van der Waals surface area contributed by atoms with Gasteiger partial charge in [-0.2, -0.15) is 0 Å². The van der Waals surface area contributed by atoms with Crippen molar-refractivity contribution >= 4 is 18.7 Å². The number of methoxy groups -OCH3 is 1. The molecule has 0 amide bonds. The lowest BCUT2D eigenvalue weighted by Crippen LogP contribution is -2.69. The number of rotatable bonds is 6. The van der Waals surface area contributed by atoms with E-state index in [1.54, 1.807) is 7.11 Å². The highest BCUT2D eigenvalue weighted by atomic mass is 28.4. The smallest absolute Gasteiger partial charge is 0.261 e. The SMILES string of the molecule is COCC1(C)CC(O[Si](c2ccccc2)(c2ccccc2)C(C)(C)C)CCN1. The van der Waals surface area contributed by atoms with Gasteiger partial charge < -0.3 is 14.5 Å². The standard InChI is InChI=1S/C24H35NO2Si/c1-23(2,3)28(21-12-8-6-9-13-21,22-14-10-7-11-15-22)27-20-16-17-25-24(4,18-20)19-26-5/h6-15,20,25H,16-19H2,1-5H3. The van der Waals surface area contributed by atoms with Gasteiger partial charge in [0, 0.05) is 18.8 Å². The minimum Gasteiger partial charge on any atom is -0.404 e. The third kappa shape index (κ3) is 4.25. The van der Waals surface area contributed by atoms with Crippen LogP contribution in [0.5, 0.6) is 0 Å². The second kappa shape index (κ2) is 8.50. The highest BCUT2D eigenvalue weighted by molar-refractivity contribution is 6.99. The minimum atomic E-state index is -2.49. The van der Waals surface area contributed by atoms with E-state index in [1.165, 1.54) is 10.4 Å². The Morgan fingerprint density at radius 2 is 1.54 bits per heavy atom. The molecule has 152 valence electrons. The van der Waals surface area contributed by atoms with Gasteiger partial charge in [-0.15, -0.1) is 0 Å². The number of hydrogen-bond acceptors (Lipinski definition) is 3. The molecule has 1 N–H and O–H groups in total. The van der Waals surface area contributed by atoms with Gasteiger partial charge in [-0.25, -0.2) is 0 Å². The molecule has 1 fully saturated rings. The van der Waals surface area contributed by atoms with Gasteiger partial charge in [-0.1, -0.05) is 81.4 Å². The van der Waals surface area contributed by atoms with Gasteiger partial charge >= 0.3 is 0 Å². The van der Waals surface area contributed by atoms with E-state index in [0.29, 0.717) is 6.61 Å². The summed E-state index contributed by atoms with van der Waals surface area (Å²) in [7, 11) is -0.713. The molecule has 0 radical (unpaired) electrons. The van der Waals surface area contributed by atoms with Crippen LogP contribution in [-0.2, 0) is 9.16 Å². The molecule has 1 aliphatic heterocycles. The second-order valence-corrected chi connectivity index (χ2v) is 13.6. The summed E-state index contributed by atoms with van der Waals surface area (Å²) in [6, 6.07) is 21.8. The summed E-state index contributed by atoms with van der Waals surface area (Å²) in [6.45, 7) is 10.9. The van der Waals surface area contributed by atoms with Gasteiger partial charge in [0.1, 0.15) is 0 Å². The van der Waals surface area contributed by atoms with E-state index < -0.39 is 8.32 Å². The highest BCUT2D eigenvalue weighted by Crippen LogP contribution is 2.39. The summed E-state index contributed by atoms with van der Waals surface area (Å²) in [5.74, 6) is 0. The molecule has 0 bridgehead atoms. The van der Waals surface area contributed by atoms with Crippen LogP contribution in [0.2, 0.25) is 5.04 Å². The predicted molar refractivity (Wildman–Crippen MR) is 120 cm³/mol. The molecule has 2 atom stereocenters. The van der Waals surface area contributed by atoms with Crippen LogP contribution in [0.3, 0.4) is 0 Å². The Labute approximate surface area is 171 Å². The minimum absolute atomic E-state index is 0.0121. The molecule has 1 heterocycles. The average molecular weight is 398 g/mol. The van der Waals surface area contributed by atoms with Crippen molar-refractivity contribution in [3.05, 3.63) is 60.7 Å². The van der Waals surface area contributed by atoms with E-state index in [0.717, 1.165) is 19.4 Å². The van der Waals surface area contributed by atoms with E-state index in [9.17, 15) is 0 Å². The molecule has 1 aliphatic rings. The maximum Gasteiger partial charge on any atom is 0.261 e. The quantitative estimate of drug-likeness (QED) is 0.754. The van der Waals surface area contributed by atoms with Crippen molar-refractivity contribution in [1.29, 1.82) is 0 Å². The van der Waals surface area contributed by atoms with E-state index in [-0.39, 0.29) is 16.7 Å². The Bertz CT molecular complexity index is 701. The van der Waals surface area contributed by atoms with Gasteiger partial charge in [-0.3, -0.25) is 0 Å². The van der Waals surface area contributed by atoms with Crippen LogP contribution in [0.4, 0.5) is 0 Å². The maximum atomic E-state index is 7.30. The first-order valence-electron chi connectivity index (χ1n) is 10.3. The van der Waals surface area contributed by atoms with Crippen LogP contribution in [-0.4, -0.2) is 40.2 Å². The van der Waals surface area contributed by atoms with Gasteiger partial charge in [0.15, 0.2) is 0 Å². The zero-order valence-electron chi connectivity index (χ0n) is 18.0. The van der Waals surface area contributed by atoms with Crippen molar-refractivity contribution in [2.45, 2.75) is 57.2 Å². The third-order valence-electron chi connectivity index (χ3n) is 5.92. The van der Waals surface area contributed by atoms with E-state index in [2.05, 4.69) is 93.7 Å². The normalized spacial score (nSPS) is 23.5. The monoisotopic (exact) mass is 397 g/mol. The zero-order chi connectivity index (χ0) is 20.3. The van der Waals surface area contributed by atoms with Gasteiger partial charge in [-0.05, 0) is 41.7 Å². The Balaban J connectivity index is 2.06. The van der Waals surface area contributed by atoms with Crippen LogP contribution < -0.4 is 15.7 Å². The molecule has 0 aromatic heterocycles. The fraction of sp³-hybridized carbons (Fsp3) is 0.500. The number of ether oxygens (including phenoxy) is 1. The summed E-state index contributed by atoms with van der Waals surface area (Å²) < 4.78 is 12.8. The molecule has 1 saturated heterocycles. The van der Waals surface area contributed by atoms with Crippen molar-refractivity contribution in [3.8, 4) is 0 Å². The zero-order valence-corrected chi connectivity index (χ0v) is 19.0. The summed E-state index contributed by atoms with van der Waals surface area (Å²) in [5.41, 5.74) is -0.0386. The molecule has 0 saturated carbocycles. The topological polar surface area (TPSA) is 30.5 Å². The van der Waals surface area contributed by atoms with Crippen molar-refractivity contribution < 1.29 is 9.16 Å². The highest BCUT2D eigenvalue weighted by Gasteiger charge is 2.52. The van der Waals surface area contributed by atoms with Crippen LogP contribution in [0, 0.1) is 0 Å². The second-order valence-electron chi connectivity index (χ2n) is 9.32. The van der Waals surface area contributed by atoms with E-state index >= 15 is 0 Å². The van der Waals surface area contributed by atoms with Crippen molar-refractivity contribution in [3.63, 3.8) is 0 Å². The van der Waals surface area contributed by atoms with Gasteiger partial charge in [0.05, 0.1) is 6.61 Å². The summed E-state index contributed by atoms with van der Waals surface area (Å²) in [4.78, 5) is 0. The molecule has 0 spiro atoms. The van der Waals surface area contributed by atoms with Gasteiger partial charge in [0.2, 0.25) is 0 Å². The molecule has 2 aromatic carbocycles. The molecule has 3 rings (SSSR count). The number of benzene rings is 2. The molecule has 4 heteroatoms. The van der Waals surface area contributed by atoms with E-state index in [1.807, 2.05) is 0 Å². The lowest BCUT2D eigenvalue weighted by Gasteiger charge is -2.48. The fourth-order valence-electron chi connectivity index (χ4n) is 4.68. The Kier molecular flexibility index (Phi) is 6.45. The Morgan fingerprint density at radius 1 is 1.00 bits per heavy atom. The molecule has 2 aromatic rings. The lowest BCUT2D eigenvalue weighted by molar-refractivity contribution is 0.0447. The van der Waals surface area contributed by atoms with E-state index in [4.69, 9.17) is 9.16 Å². The molecule has 2 unspecified atom stereocenters. The van der Waals surface area contributed by atoms with Gasteiger partial charge in [0.25, 0.3) is 8.32 Å². The molecular formula is C24H35NO2Si. The Morgan fingerprint density at radius 3 is 2.00 bits per heavy atom. The Hall–Kier alpha value is -1.46. The predicted octanol–water partition coefficient (Wildman–Crippen LogP) is 3.72. The molecule has 0 aliphatic carbocycles. The van der Waals surface area contributed by atoms with Crippen LogP contribution in [0.25, 0.3) is 0 Å². The molecule has 3 nitrogen and oxygen atoms in total. The number of hydrogen-bond donors (Lipinski definition) is 1. The van der Waals surface area contributed by atoms with Crippen LogP contribution in [0.15, 0.2) is 60.7 Å². The average Bonchev–Trinajstić information content (AvgIpc) is 2.66. The summed E-state index contributed by atoms with van der Waals surface area (Å²) in [6.07, 6.45) is 2.21. The van der Waals surface area contributed by atoms with Crippen LogP contribution >= 0.6 is 0 Å². The largest absolute Gasteiger partial charge is 0.404 e. The number of nitrogens with one attached hydrogen (secondary N) is 1. The van der Waals surface area contributed by atoms with Crippen molar-refractivity contribution in [2.75, 3.05) is 20.3 Å². The first kappa shape index (κ1) is 21.3. The molecule has 28 heavy (non-hydrogen) atoms. The summed E-state index contributed by atoms with van der Waals surface area (Å²) >= 11 is 0. The lowest BCUT2D eigenvalue weighted by atomic mass is 9.90. The molecular weight excluding hydrogens is 362 g/mol. The van der Waals surface area contributed by atoms with Crippen LogP contribution in [0.1, 0.15) is 40.5 Å². The first-order chi connectivity index (χ1) is 13.3. The third-order valence-corrected chi connectivity index (χ3v) is 11.0. The maximum absolute atomic E-state index is 7.30.